The molecule has 1 amide bonds. The second kappa shape index (κ2) is 6.00. The van der Waals surface area contributed by atoms with Crippen molar-refractivity contribution in [1.82, 2.24) is 14.7 Å². The number of pyridine rings is 1. The van der Waals surface area contributed by atoms with Gasteiger partial charge in [-0.15, -0.1) is 0 Å². The maximum Gasteiger partial charge on any atom is 0.253 e. The van der Waals surface area contributed by atoms with Gasteiger partial charge in [0.2, 0.25) is 0 Å². The Hall–Kier alpha value is -2.82. The van der Waals surface area contributed by atoms with Crippen molar-refractivity contribution in [2.75, 3.05) is 6.61 Å². The zero-order chi connectivity index (χ0) is 16.5. The lowest BCUT2D eigenvalue weighted by atomic mass is 10.0. The summed E-state index contributed by atoms with van der Waals surface area (Å²) in [5.41, 5.74) is 4.72. The molecule has 3 heterocycles. The van der Waals surface area contributed by atoms with Crippen molar-refractivity contribution in [1.29, 1.82) is 0 Å². The van der Waals surface area contributed by atoms with E-state index in [1.165, 1.54) is 5.56 Å². The van der Waals surface area contributed by atoms with E-state index in [9.17, 15) is 4.79 Å². The Balaban J connectivity index is 1.47. The molecule has 4 rings (SSSR count). The summed E-state index contributed by atoms with van der Waals surface area (Å²) >= 11 is 0. The molecule has 0 aliphatic carbocycles. The van der Waals surface area contributed by atoms with Crippen molar-refractivity contribution >= 4 is 11.6 Å². The minimum absolute atomic E-state index is 0.0859. The second-order valence-electron chi connectivity index (χ2n) is 6.14. The van der Waals surface area contributed by atoms with Crippen molar-refractivity contribution in [3.8, 4) is 5.75 Å². The highest BCUT2D eigenvalue weighted by Gasteiger charge is 2.12. The number of carbonyl (C=O) groups is 1. The quantitative estimate of drug-likeness (QED) is 0.807. The number of hydrogen-bond acceptors (Lipinski definition) is 3. The fraction of sp³-hybridized carbons (Fsp3) is 0.263. The Bertz CT molecular complexity index is 914. The van der Waals surface area contributed by atoms with E-state index in [1.807, 2.05) is 41.9 Å². The van der Waals surface area contributed by atoms with Gasteiger partial charge in [-0.05, 0) is 49.1 Å². The first kappa shape index (κ1) is 14.8. The molecule has 1 N–H and O–H groups in total. The Morgan fingerprint density at radius 1 is 1.29 bits per heavy atom. The largest absolute Gasteiger partial charge is 0.493 e. The maximum absolute atomic E-state index is 12.4. The van der Waals surface area contributed by atoms with Gasteiger partial charge in [0.05, 0.1) is 17.9 Å². The van der Waals surface area contributed by atoms with Crippen LogP contribution in [0.5, 0.6) is 5.75 Å². The molecule has 5 nitrogen and oxygen atoms in total. The molecule has 2 aromatic heterocycles. The van der Waals surface area contributed by atoms with Crippen LogP contribution in [0, 0.1) is 6.92 Å². The van der Waals surface area contributed by atoms with Gasteiger partial charge in [-0.25, -0.2) is 4.98 Å². The summed E-state index contributed by atoms with van der Waals surface area (Å²) in [5, 5.41) is 2.98. The Kier molecular flexibility index (Phi) is 3.69. The summed E-state index contributed by atoms with van der Waals surface area (Å²) < 4.78 is 7.50. The number of benzene rings is 1. The number of amides is 1. The van der Waals surface area contributed by atoms with Crippen LogP contribution in [0.15, 0.2) is 42.7 Å². The Morgan fingerprint density at radius 3 is 3.12 bits per heavy atom. The molecule has 0 fully saturated rings. The van der Waals surface area contributed by atoms with Crippen LogP contribution in [0.1, 0.15) is 33.6 Å². The van der Waals surface area contributed by atoms with Gasteiger partial charge in [0, 0.05) is 18.9 Å². The molecular weight excluding hydrogens is 302 g/mol. The van der Waals surface area contributed by atoms with Crippen LogP contribution in [-0.2, 0) is 13.0 Å². The molecule has 0 spiro atoms. The Labute approximate surface area is 140 Å². The van der Waals surface area contributed by atoms with Crippen LogP contribution in [-0.4, -0.2) is 21.9 Å². The van der Waals surface area contributed by atoms with Crippen LogP contribution < -0.4 is 10.1 Å². The number of nitrogens with zero attached hydrogens (tertiary/aromatic N) is 2. The lowest BCUT2D eigenvalue weighted by Crippen LogP contribution is -2.23. The molecule has 0 saturated carbocycles. The second-order valence-corrected chi connectivity index (χ2v) is 6.14. The number of carbonyl (C=O) groups excluding carboxylic acids is 1. The van der Waals surface area contributed by atoms with E-state index in [2.05, 4.69) is 16.4 Å². The summed E-state index contributed by atoms with van der Waals surface area (Å²) in [6, 6.07) is 9.79. The molecular formula is C19H19N3O2. The average Bonchev–Trinajstić information content (AvgIpc) is 2.98. The molecule has 0 radical (unpaired) electrons. The van der Waals surface area contributed by atoms with Crippen LogP contribution in [0.25, 0.3) is 5.65 Å². The summed E-state index contributed by atoms with van der Waals surface area (Å²) in [7, 11) is 0. The third-order valence-electron chi connectivity index (χ3n) is 4.26. The minimum Gasteiger partial charge on any atom is -0.493 e. The van der Waals surface area contributed by atoms with E-state index < -0.39 is 0 Å². The van der Waals surface area contributed by atoms with Gasteiger partial charge in [-0.3, -0.25) is 4.79 Å². The van der Waals surface area contributed by atoms with Gasteiger partial charge in [-0.2, -0.15) is 0 Å². The number of ether oxygens (including phenoxy) is 1. The summed E-state index contributed by atoms with van der Waals surface area (Å²) in [6.07, 6.45) is 5.81. The normalized spacial score (nSPS) is 13.4. The standard InChI is InChI=1S/C19H19N3O2/c1-13-11-22-12-16(5-7-18(22)21-13)19(23)20-10-14-4-6-17-15(9-14)3-2-8-24-17/h4-7,9,11-12H,2-3,8,10H2,1H3,(H,20,23). The lowest BCUT2D eigenvalue weighted by molar-refractivity contribution is 0.0950. The van der Waals surface area contributed by atoms with Crippen molar-refractivity contribution < 1.29 is 9.53 Å². The number of aromatic nitrogens is 2. The van der Waals surface area contributed by atoms with E-state index >= 15 is 0 Å². The molecule has 5 heteroatoms. The van der Waals surface area contributed by atoms with Crippen molar-refractivity contribution in [2.45, 2.75) is 26.3 Å². The number of aryl methyl sites for hydroxylation is 2. The van der Waals surface area contributed by atoms with Gasteiger partial charge >= 0.3 is 0 Å². The first-order valence-electron chi connectivity index (χ1n) is 8.17. The van der Waals surface area contributed by atoms with E-state index in [0.717, 1.165) is 42.1 Å². The fourth-order valence-corrected chi connectivity index (χ4v) is 3.06. The number of imidazole rings is 1. The average molecular weight is 321 g/mol. The molecule has 0 unspecified atom stereocenters. The predicted molar refractivity (Wildman–Crippen MR) is 91.4 cm³/mol. The lowest BCUT2D eigenvalue weighted by Gasteiger charge is -2.18. The predicted octanol–water partition coefficient (Wildman–Crippen LogP) is 2.90. The SMILES string of the molecule is Cc1cn2cc(C(=O)NCc3ccc4c(c3)CCCO4)ccc2n1. The third kappa shape index (κ3) is 2.85. The molecule has 0 saturated heterocycles. The molecule has 24 heavy (non-hydrogen) atoms. The first-order valence-corrected chi connectivity index (χ1v) is 8.17. The van der Waals surface area contributed by atoms with Crippen molar-refractivity contribution in [3.63, 3.8) is 0 Å². The van der Waals surface area contributed by atoms with E-state index in [0.29, 0.717) is 12.1 Å². The molecule has 1 aliphatic heterocycles. The number of nitrogens with one attached hydrogen (secondary N) is 1. The zero-order valence-electron chi connectivity index (χ0n) is 13.6. The summed E-state index contributed by atoms with van der Waals surface area (Å²) in [4.78, 5) is 16.8. The topological polar surface area (TPSA) is 55.6 Å². The number of hydrogen-bond donors (Lipinski definition) is 1. The molecule has 0 atom stereocenters. The highest BCUT2D eigenvalue weighted by molar-refractivity contribution is 5.94. The molecule has 0 bridgehead atoms. The summed E-state index contributed by atoms with van der Waals surface area (Å²) in [6.45, 7) is 3.24. The van der Waals surface area contributed by atoms with Crippen LogP contribution in [0.2, 0.25) is 0 Å². The monoisotopic (exact) mass is 321 g/mol. The van der Waals surface area contributed by atoms with Crippen molar-refractivity contribution in [2.24, 2.45) is 0 Å². The van der Waals surface area contributed by atoms with Crippen LogP contribution >= 0.6 is 0 Å². The van der Waals surface area contributed by atoms with Gasteiger partial charge in [0.15, 0.2) is 0 Å². The van der Waals surface area contributed by atoms with Gasteiger partial charge in [-0.1, -0.05) is 12.1 Å². The number of rotatable bonds is 3. The van der Waals surface area contributed by atoms with Gasteiger partial charge < -0.3 is 14.5 Å². The zero-order valence-corrected chi connectivity index (χ0v) is 13.6. The Morgan fingerprint density at radius 2 is 2.21 bits per heavy atom. The minimum atomic E-state index is -0.0859. The highest BCUT2D eigenvalue weighted by Crippen LogP contribution is 2.25. The summed E-state index contributed by atoms with van der Waals surface area (Å²) in [5.74, 6) is 0.884. The molecule has 3 aromatic rings. The smallest absolute Gasteiger partial charge is 0.253 e. The number of fused-ring (bicyclic) bond motifs is 2. The fourth-order valence-electron chi connectivity index (χ4n) is 3.06. The molecule has 1 aromatic carbocycles. The van der Waals surface area contributed by atoms with Crippen LogP contribution in [0.4, 0.5) is 0 Å². The van der Waals surface area contributed by atoms with Crippen LogP contribution in [0.3, 0.4) is 0 Å². The molecule has 1 aliphatic rings. The first-order chi connectivity index (χ1) is 11.7. The van der Waals surface area contributed by atoms with E-state index in [-0.39, 0.29) is 5.91 Å². The third-order valence-corrected chi connectivity index (χ3v) is 4.26. The van der Waals surface area contributed by atoms with Crippen molar-refractivity contribution in [3.05, 3.63) is 65.1 Å². The van der Waals surface area contributed by atoms with E-state index in [1.54, 1.807) is 6.07 Å². The van der Waals surface area contributed by atoms with Gasteiger partial charge in [0.1, 0.15) is 11.4 Å². The highest BCUT2D eigenvalue weighted by atomic mass is 16.5. The maximum atomic E-state index is 12.4. The van der Waals surface area contributed by atoms with Gasteiger partial charge in [0.25, 0.3) is 5.91 Å². The van der Waals surface area contributed by atoms with E-state index in [4.69, 9.17) is 4.74 Å². The molecule has 122 valence electrons.